The summed E-state index contributed by atoms with van der Waals surface area (Å²) < 4.78 is 34.7. The van der Waals surface area contributed by atoms with E-state index in [1.54, 1.807) is 0 Å². The Balaban J connectivity index is 0.00000166. The summed E-state index contributed by atoms with van der Waals surface area (Å²) in [6.45, 7) is 6.48. The van der Waals surface area contributed by atoms with Gasteiger partial charge in [-0.3, -0.25) is 0 Å². The van der Waals surface area contributed by atoms with Gasteiger partial charge in [0.25, 0.3) is 0 Å². The minimum atomic E-state index is -0.928. The monoisotopic (exact) mass is 470 g/mol. The van der Waals surface area contributed by atoms with Gasteiger partial charge in [0, 0.05) is 36.6 Å². The highest BCUT2D eigenvalue weighted by Crippen LogP contribution is 2.35. The lowest BCUT2D eigenvalue weighted by atomic mass is 10.2. The van der Waals surface area contributed by atoms with Gasteiger partial charge in [0.05, 0.1) is 11.4 Å². The second-order valence-corrected chi connectivity index (χ2v) is 6.38. The number of hydrogen-bond acceptors (Lipinski definition) is 7. The summed E-state index contributed by atoms with van der Waals surface area (Å²) >= 11 is 11.8. The van der Waals surface area contributed by atoms with E-state index in [2.05, 4.69) is 25.6 Å². The maximum Gasteiger partial charge on any atom is 0.223 e. The maximum atomic E-state index is 14.6. The molecule has 0 aliphatic carbocycles. The molecule has 1 aromatic carbocycles. The fraction of sp³-hybridized carbons (Fsp3) is 0.250. The Bertz CT molecular complexity index is 995. The number of nitrogens with zero attached hydrogens (tertiary/aromatic N) is 3. The summed E-state index contributed by atoms with van der Waals surface area (Å²) in [6.07, 6.45) is 1.46. The standard InChI is InChI=1S/C18H16Cl2F2N6O.C2H6/c1-2-24-17-10(8-19)13(3-4-25-17)29-16-11(21)5-9(6-12(16)22)26-15-7-14(20)27-18(23)28-15;1-2/h3-7H,2,8H2,1H3,(H,24,25)(H3,23,26,27,28);1-2H3. The summed E-state index contributed by atoms with van der Waals surface area (Å²) in [5.74, 6) is -1.60. The van der Waals surface area contributed by atoms with Crippen LogP contribution in [0.3, 0.4) is 0 Å². The van der Waals surface area contributed by atoms with Crippen molar-refractivity contribution in [2.45, 2.75) is 26.7 Å². The molecule has 11 heteroatoms. The van der Waals surface area contributed by atoms with E-state index < -0.39 is 17.4 Å². The van der Waals surface area contributed by atoms with Gasteiger partial charge in [-0.2, -0.15) is 4.98 Å². The molecule has 0 spiro atoms. The lowest BCUT2D eigenvalue weighted by Gasteiger charge is -2.15. The number of nitrogen functional groups attached to an aromatic ring is 1. The third kappa shape index (κ3) is 6.28. The molecule has 2 heterocycles. The van der Waals surface area contributed by atoms with Crippen molar-refractivity contribution in [1.82, 2.24) is 15.0 Å². The van der Waals surface area contributed by atoms with Crippen molar-refractivity contribution >= 4 is 46.5 Å². The van der Waals surface area contributed by atoms with Crippen molar-refractivity contribution in [3.05, 3.63) is 52.8 Å². The summed E-state index contributed by atoms with van der Waals surface area (Å²) in [7, 11) is 0. The number of hydrogen-bond donors (Lipinski definition) is 3. The van der Waals surface area contributed by atoms with Crippen LogP contribution in [0.25, 0.3) is 0 Å². The first-order valence-electron chi connectivity index (χ1n) is 9.43. The average Bonchev–Trinajstić information content (AvgIpc) is 2.72. The molecule has 7 nitrogen and oxygen atoms in total. The van der Waals surface area contributed by atoms with Gasteiger partial charge in [0.15, 0.2) is 17.4 Å². The molecular weight excluding hydrogens is 449 g/mol. The topological polar surface area (TPSA) is 98.0 Å². The normalized spacial score (nSPS) is 10.2. The van der Waals surface area contributed by atoms with Crippen molar-refractivity contribution in [1.29, 1.82) is 0 Å². The zero-order valence-corrected chi connectivity index (χ0v) is 18.7. The summed E-state index contributed by atoms with van der Waals surface area (Å²) in [5.41, 5.74) is 6.08. The summed E-state index contributed by atoms with van der Waals surface area (Å²) in [6, 6.07) is 4.95. The van der Waals surface area contributed by atoms with Gasteiger partial charge in [0.2, 0.25) is 5.95 Å². The van der Waals surface area contributed by atoms with E-state index in [0.29, 0.717) is 17.9 Å². The van der Waals surface area contributed by atoms with E-state index >= 15 is 0 Å². The second-order valence-electron chi connectivity index (χ2n) is 5.73. The van der Waals surface area contributed by atoms with Crippen molar-refractivity contribution < 1.29 is 13.5 Å². The Morgan fingerprint density at radius 2 is 1.81 bits per heavy atom. The number of anilines is 4. The number of ether oxygens (including phenoxy) is 1. The molecule has 0 aliphatic heterocycles. The number of aromatic nitrogens is 3. The largest absolute Gasteiger partial charge is 0.451 e. The molecule has 4 N–H and O–H groups in total. The van der Waals surface area contributed by atoms with Crippen molar-refractivity contribution in [3.8, 4) is 11.5 Å². The number of nitrogens with two attached hydrogens (primary N) is 1. The molecule has 3 aromatic rings. The molecule has 3 rings (SSSR count). The Labute approximate surface area is 189 Å². The molecule has 2 aromatic heterocycles. The minimum Gasteiger partial charge on any atom is -0.451 e. The highest BCUT2D eigenvalue weighted by atomic mass is 35.5. The van der Waals surface area contributed by atoms with E-state index in [0.717, 1.165) is 12.1 Å². The van der Waals surface area contributed by atoms with Gasteiger partial charge in [-0.25, -0.2) is 18.7 Å². The van der Waals surface area contributed by atoms with Crippen LogP contribution in [-0.2, 0) is 5.88 Å². The molecule has 31 heavy (non-hydrogen) atoms. The number of alkyl halides is 1. The van der Waals surface area contributed by atoms with Crippen LogP contribution in [0.15, 0.2) is 30.5 Å². The molecule has 0 atom stereocenters. The number of nitrogens with one attached hydrogen (secondary N) is 2. The van der Waals surface area contributed by atoms with E-state index in [4.69, 9.17) is 33.7 Å². The molecule has 0 unspecified atom stereocenters. The fourth-order valence-electron chi connectivity index (χ4n) is 2.51. The van der Waals surface area contributed by atoms with Gasteiger partial charge < -0.3 is 21.1 Å². The SMILES string of the molecule is CC.CCNc1nccc(Oc2c(F)cc(Nc3cc(Cl)nc(N)n3)cc2F)c1CCl. The van der Waals surface area contributed by atoms with Gasteiger partial charge in [-0.15, -0.1) is 11.6 Å². The van der Waals surface area contributed by atoms with Crippen LogP contribution in [-0.4, -0.2) is 21.5 Å². The smallest absolute Gasteiger partial charge is 0.223 e. The summed E-state index contributed by atoms with van der Waals surface area (Å²) in [4.78, 5) is 11.8. The van der Waals surface area contributed by atoms with E-state index in [1.807, 2.05) is 20.8 Å². The molecule has 0 saturated heterocycles. The van der Waals surface area contributed by atoms with Crippen LogP contribution < -0.4 is 21.1 Å². The quantitative estimate of drug-likeness (QED) is 0.282. The third-order valence-corrected chi connectivity index (χ3v) is 4.15. The van der Waals surface area contributed by atoms with Crippen LogP contribution in [0.4, 0.5) is 32.1 Å². The van der Waals surface area contributed by atoms with E-state index in [1.165, 1.54) is 18.3 Å². The van der Waals surface area contributed by atoms with Crippen molar-refractivity contribution in [2.75, 3.05) is 22.9 Å². The lowest BCUT2D eigenvalue weighted by Crippen LogP contribution is -2.05. The van der Waals surface area contributed by atoms with Crippen LogP contribution in [0.1, 0.15) is 26.3 Å². The number of pyridine rings is 1. The first-order valence-corrected chi connectivity index (χ1v) is 10.3. The van der Waals surface area contributed by atoms with Gasteiger partial charge >= 0.3 is 0 Å². The van der Waals surface area contributed by atoms with Crippen molar-refractivity contribution in [2.24, 2.45) is 0 Å². The molecule has 0 radical (unpaired) electrons. The Morgan fingerprint density at radius 3 is 2.39 bits per heavy atom. The van der Waals surface area contributed by atoms with Gasteiger partial charge in [-0.05, 0) is 13.0 Å². The number of benzene rings is 1. The van der Waals surface area contributed by atoms with Gasteiger partial charge in [0.1, 0.15) is 22.5 Å². The molecule has 0 aliphatic rings. The fourth-order valence-corrected chi connectivity index (χ4v) is 2.95. The summed E-state index contributed by atoms with van der Waals surface area (Å²) in [5, 5.41) is 5.82. The van der Waals surface area contributed by atoms with Crippen LogP contribution in [0.2, 0.25) is 5.15 Å². The predicted octanol–water partition coefficient (Wildman–Crippen LogP) is 6.12. The van der Waals surface area contributed by atoms with E-state index in [9.17, 15) is 8.78 Å². The van der Waals surface area contributed by atoms with E-state index in [-0.39, 0.29) is 34.2 Å². The number of rotatable bonds is 7. The Kier molecular flexibility index (Phi) is 9.02. The maximum absolute atomic E-state index is 14.6. The second kappa shape index (κ2) is 11.5. The predicted molar refractivity (Wildman–Crippen MR) is 120 cm³/mol. The highest BCUT2D eigenvalue weighted by molar-refractivity contribution is 6.29. The first-order chi connectivity index (χ1) is 14.9. The zero-order chi connectivity index (χ0) is 23.0. The molecular formula is C20H22Cl2F2N6O. The van der Waals surface area contributed by atoms with Crippen molar-refractivity contribution in [3.63, 3.8) is 0 Å². The van der Waals surface area contributed by atoms with Crippen LogP contribution in [0.5, 0.6) is 11.5 Å². The average molecular weight is 471 g/mol. The lowest BCUT2D eigenvalue weighted by molar-refractivity contribution is 0.405. The Hall–Kier alpha value is -2.91. The Morgan fingerprint density at radius 1 is 1.13 bits per heavy atom. The molecule has 0 saturated carbocycles. The highest BCUT2D eigenvalue weighted by Gasteiger charge is 2.18. The van der Waals surface area contributed by atoms with Crippen LogP contribution >= 0.6 is 23.2 Å². The minimum absolute atomic E-state index is 0.0459. The molecule has 166 valence electrons. The van der Waals surface area contributed by atoms with Crippen LogP contribution in [0, 0.1) is 11.6 Å². The van der Waals surface area contributed by atoms with Gasteiger partial charge in [-0.1, -0.05) is 25.4 Å². The number of halogens is 4. The third-order valence-electron chi connectivity index (χ3n) is 3.69. The first kappa shape index (κ1) is 24.4. The molecule has 0 bridgehead atoms. The molecule has 0 fully saturated rings. The zero-order valence-electron chi connectivity index (χ0n) is 17.1. The molecule has 0 amide bonds.